The average Bonchev–Trinajstić information content (AvgIpc) is 1.67. The number of carbonyl (C=O) groups excluding carboxylic acids is 17. The van der Waals surface area contributed by atoms with E-state index in [9.17, 15) is 91.4 Å². The van der Waals surface area contributed by atoms with E-state index in [1.165, 1.54) is 23.6 Å². The first-order valence-corrected chi connectivity index (χ1v) is 45.3. The maximum atomic E-state index is 14.4. The van der Waals surface area contributed by atoms with Gasteiger partial charge in [-0.3, -0.25) is 96.5 Å². The van der Waals surface area contributed by atoms with Crippen molar-refractivity contribution in [3.63, 3.8) is 0 Å². The number of likely N-dealkylation sites (tertiary alicyclic amines) is 2. The van der Waals surface area contributed by atoms with E-state index in [-0.39, 0.29) is 134 Å². The maximum absolute atomic E-state index is 14.4. The summed E-state index contributed by atoms with van der Waals surface area (Å²) in [5.74, 6) is -18.3. The first kappa shape index (κ1) is 115. The number of carboxylic acids is 1. The number of aliphatic carboxylic acids is 1. The fourth-order valence-electron chi connectivity index (χ4n) is 14.4. The fourth-order valence-corrected chi connectivity index (χ4v) is 14.4. The highest BCUT2D eigenvalue weighted by Gasteiger charge is 2.45. The Hall–Kier alpha value is -11.8. The third-order valence-electron chi connectivity index (χ3n) is 22.4. The van der Waals surface area contributed by atoms with Crippen LogP contribution >= 0.6 is 0 Å². The van der Waals surface area contributed by atoms with E-state index in [1.54, 1.807) is 69.2 Å². The van der Waals surface area contributed by atoms with Gasteiger partial charge in [0.25, 0.3) is 0 Å². The third-order valence-corrected chi connectivity index (χ3v) is 22.4. The van der Waals surface area contributed by atoms with Gasteiger partial charge in [-0.05, 0) is 166 Å². The van der Waals surface area contributed by atoms with Crippen molar-refractivity contribution in [3.05, 3.63) is 0 Å². The van der Waals surface area contributed by atoms with Crippen LogP contribution in [0.5, 0.6) is 0 Å². The minimum absolute atomic E-state index is 0.00130. The van der Waals surface area contributed by atoms with E-state index >= 15 is 0 Å². The summed E-state index contributed by atoms with van der Waals surface area (Å²) in [6, 6.07) is -19.2. The van der Waals surface area contributed by atoms with Crippen molar-refractivity contribution in [1.29, 1.82) is 0 Å². The van der Waals surface area contributed by atoms with E-state index in [0.717, 1.165) is 0 Å². The van der Waals surface area contributed by atoms with Gasteiger partial charge in [0.2, 0.25) is 100 Å². The summed E-state index contributed by atoms with van der Waals surface area (Å²) in [6.07, 6.45) is 3.60. The Balaban J connectivity index is 2.30. The number of amides is 17. The number of guanidine groups is 3. The summed E-state index contributed by atoms with van der Waals surface area (Å²) >= 11 is 0. The van der Waals surface area contributed by atoms with Gasteiger partial charge in [0, 0.05) is 39.1 Å². The first-order chi connectivity index (χ1) is 61.6. The lowest BCUT2D eigenvalue weighted by atomic mass is 9.96. The number of nitrogens with two attached hydrogens (primary N) is 10. The SMILES string of the molecule is CC[C@H](C)[C@H](NC(=O)[C@@H](NC(=O)[C@@H](NC(=O)[C@H](CCCN=C(N)N)NC(=O)[C@H](CCCCN)NC(=O)[C@H](C)NC(=O)[C@H](CCCN=C(N)N)NC(=O)CNC(=O)[C@@H](NC(=O)[C@H](CCC(N)=O)NC(=O)CNC(=O)[C@H](CC(C)C)NC(=O)[C@H](C)NC(=O)[C@@H]1CCCN1C(=O)[C@@H]1CCCN1C(=O)[C@H](CCCN=C(N)N)NC(=O)[C@@H](N)CCCCN)[C@@H](C)CC)C(C)C)C(C)C)C(=O)O. The van der Waals surface area contributed by atoms with Crippen LogP contribution in [0, 0.1) is 29.6 Å². The number of unbranched alkanes of at least 4 members (excludes halogenated alkanes) is 2. The molecule has 2 aliphatic heterocycles. The Kier molecular flexibility index (Phi) is 52.9. The fraction of sp³-hybridized carbons (Fsp3) is 0.747. The minimum atomic E-state index is -1.58. The maximum Gasteiger partial charge on any atom is 0.326 e. The second-order valence-electron chi connectivity index (χ2n) is 34.5. The van der Waals surface area contributed by atoms with Gasteiger partial charge >= 0.3 is 5.97 Å². The van der Waals surface area contributed by atoms with Crippen LogP contribution in [0.2, 0.25) is 0 Å². The molecule has 2 rings (SSSR count). The zero-order valence-corrected chi connectivity index (χ0v) is 78.1. The quantitative estimate of drug-likeness (QED) is 0.0153. The normalized spacial score (nSPS) is 17.0. The molecule has 17 amide bonds. The summed E-state index contributed by atoms with van der Waals surface area (Å²) < 4.78 is 0. The van der Waals surface area contributed by atoms with Crippen LogP contribution in [0.4, 0.5) is 0 Å². The molecular weight excluding hydrogens is 1710 g/mol. The summed E-state index contributed by atoms with van der Waals surface area (Å²) in [5, 5.41) is 45.9. The van der Waals surface area contributed by atoms with Gasteiger partial charge in [-0.2, -0.15) is 0 Å². The average molecular weight is 1860 g/mol. The van der Waals surface area contributed by atoms with Gasteiger partial charge in [-0.1, -0.05) is 88.5 Å². The number of aliphatic imine (C=N–C) groups is 3. The van der Waals surface area contributed by atoms with Crippen molar-refractivity contribution in [1.82, 2.24) is 84.2 Å². The topological polar surface area (TPSA) is 800 Å². The lowest BCUT2D eigenvalue weighted by molar-refractivity contribution is -0.148. The number of nitrogens with one attached hydrogen (secondary N) is 14. The second kappa shape index (κ2) is 60.2. The lowest BCUT2D eigenvalue weighted by Crippen LogP contribution is -2.61. The molecule has 0 saturated carbocycles. The lowest BCUT2D eigenvalue weighted by Gasteiger charge is -2.33. The molecule has 2 fully saturated rings. The molecule has 2 saturated heterocycles. The third kappa shape index (κ3) is 42.3. The number of hydrogen-bond acceptors (Lipinski definition) is 24. The molecule has 0 aromatic heterocycles. The predicted octanol–water partition coefficient (Wildman–Crippen LogP) is -7.40. The molecule has 0 bridgehead atoms. The molecule has 48 heteroatoms. The van der Waals surface area contributed by atoms with Crippen molar-refractivity contribution in [2.75, 3.05) is 58.9 Å². The number of nitrogens with zero attached hydrogens (tertiary/aromatic N) is 5. The second-order valence-corrected chi connectivity index (χ2v) is 34.5. The van der Waals surface area contributed by atoms with Gasteiger partial charge < -0.3 is 147 Å². The van der Waals surface area contributed by atoms with Gasteiger partial charge in [-0.15, -0.1) is 0 Å². The molecule has 0 spiro atoms. The molecule has 17 atom stereocenters. The predicted molar refractivity (Wildman–Crippen MR) is 488 cm³/mol. The Morgan fingerprint density at radius 2 is 0.763 bits per heavy atom. The van der Waals surface area contributed by atoms with Crippen molar-refractivity contribution in [2.45, 2.75) is 309 Å². The van der Waals surface area contributed by atoms with Crippen molar-refractivity contribution < 1.29 is 91.4 Å². The van der Waals surface area contributed by atoms with E-state index < -0.39 is 247 Å². The molecule has 0 aromatic rings. The van der Waals surface area contributed by atoms with Crippen molar-refractivity contribution in [2.24, 2.45) is 102 Å². The van der Waals surface area contributed by atoms with E-state index in [0.29, 0.717) is 57.9 Å². The monoisotopic (exact) mass is 1860 g/mol. The number of hydrogen-bond donors (Lipinski definition) is 25. The summed E-state index contributed by atoms with van der Waals surface area (Å²) in [7, 11) is 0. The smallest absolute Gasteiger partial charge is 0.326 e. The van der Waals surface area contributed by atoms with Crippen LogP contribution in [-0.4, -0.2) is 289 Å². The highest BCUT2D eigenvalue weighted by Crippen LogP contribution is 2.27. The minimum Gasteiger partial charge on any atom is -0.480 e. The van der Waals surface area contributed by atoms with Gasteiger partial charge in [0.15, 0.2) is 17.9 Å². The number of rotatable bonds is 62. The summed E-state index contributed by atoms with van der Waals surface area (Å²) in [4.78, 5) is 264. The highest BCUT2D eigenvalue weighted by atomic mass is 16.4. The molecular formula is C83H151N29O19. The molecule has 2 aliphatic rings. The van der Waals surface area contributed by atoms with Crippen LogP contribution < -0.4 is 132 Å². The van der Waals surface area contributed by atoms with Crippen LogP contribution in [0.25, 0.3) is 0 Å². The van der Waals surface area contributed by atoms with Crippen LogP contribution in [0.15, 0.2) is 15.0 Å². The van der Waals surface area contributed by atoms with Gasteiger partial charge in [0.1, 0.15) is 84.6 Å². The first-order valence-electron chi connectivity index (χ1n) is 45.3. The highest BCUT2D eigenvalue weighted by molar-refractivity contribution is 6.01. The Morgan fingerprint density at radius 1 is 0.382 bits per heavy atom. The Bertz CT molecular complexity index is 3900. The largest absolute Gasteiger partial charge is 0.480 e. The van der Waals surface area contributed by atoms with Crippen molar-refractivity contribution in [3.8, 4) is 0 Å². The van der Waals surface area contributed by atoms with Crippen LogP contribution in [0.3, 0.4) is 0 Å². The molecule has 0 radical (unpaired) electrons. The molecule has 35 N–H and O–H groups in total. The molecule has 0 aromatic carbocycles. The van der Waals surface area contributed by atoms with Gasteiger partial charge in [0.05, 0.1) is 19.1 Å². The molecule has 2 heterocycles. The number of carboxylic acid groups (broad SMARTS) is 1. The number of primary amides is 1. The zero-order valence-electron chi connectivity index (χ0n) is 78.1. The summed E-state index contributed by atoms with van der Waals surface area (Å²) in [6.45, 7) is 18.8. The molecule has 742 valence electrons. The van der Waals surface area contributed by atoms with Crippen LogP contribution in [-0.2, 0) is 86.3 Å². The molecule has 0 unspecified atom stereocenters. The Morgan fingerprint density at radius 3 is 1.23 bits per heavy atom. The summed E-state index contributed by atoms with van der Waals surface area (Å²) in [5.41, 5.74) is 56.3. The standard InChI is InChI=1S/C83H151N29O19/c1-13-46(9)64(109-73(123)54(31-32-59(87)113)102-60(114)41-97-69(119)56(40-43(3)4)106-67(117)49(12)100-74(124)57-29-22-38-111(57)79(129)58-30-23-39-112(58)78(128)55(28-21-37-96-83(92)93)105-68(118)50(86)24-15-17-33-84)75(125)98-42-61(115)101-51(26-19-35-94-81(88)89)70(120)99-48(11)66(116)103-52(25-16-18-34-85)71(121)104-53(27-20-36-95-82(90)91)72(122)107-62(44(5)6)76(126)108-63(45(7)8)77(127)110-65(80(130)131)47(10)14-2/h43-58,62-65H,13-42,84-86H2,1-12H3,(H2,87,113)(H,97,119)(H,98,125)(H,99,120)(H,100,124)(H,101,115)(H,102,114)(H,103,116)(H,104,121)(H,105,118)(H,106,117)(H,107,122)(H,108,126)(H,109,123)(H,110,127)(H,130,131)(H4,88,89,94)(H4,90,91,95)(H4,92,93,96)/t46-,47-,48-,49-,50-,51-,52-,53-,54-,55-,56-,57-,58-,62-,63-,64-,65-/m0/s1. The van der Waals surface area contributed by atoms with Crippen LogP contribution in [0.1, 0.15) is 218 Å². The van der Waals surface area contributed by atoms with E-state index in [4.69, 9.17) is 57.3 Å². The van der Waals surface area contributed by atoms with E-state index in [1.807, 2.05) is 0 Å². The number of carbonyl (C=O) groups is 18. The Labute approximate surface area is 766 Å². The molecule has 131 heavy (non-hydrogen) atoms. The zero-order chi connectivity index (χ0) is 99.1. The molecule has 48 nitrogen and oxygen atoms in total. The van der Waals surface area contributed by atoms with Crippen molar-refractivity contribution >= 4 is 124 Å². The van der Waals surface area contributed by atoms with E-state index in [2.05, 4.69) is 89.4 Å². The van der Waals surface area contributed by atoms with Gasteiger partial charge in [-0.25, -0.2) is 4.79 Å². The molecule has 0 aliphatic carbocycles.